The van der Waals surface area contributed by atoms with Gasteiger partial charge in [0.2, 0.25) is 17.7 Å². The molecule has 0 saturated heterocycles. The van der Waals surface area contributed by atoms with Crippen LogP contribution in [-0.2, 0) is 14.4 Å². The summed E-state index contributed by atoms with van der Waals surface area (Å²) in [6, 6.07) is 15.8. The summed E-state index contributed by atoms with van der Waals surface area (Å²) in [6.45, 7) is 0. The highest BCUT2D eigenvalue weighted by atomic mass is 16.2. The Labute approximate surface area is 139 Å². The summed E-state index contributed by atoms with van der Waals surface area (Å²) in [4.78, 5) is 33.8. The smallest absolute Gasteiger partial charge is 0.249 e. The SMILES string of the molecule is NC(=O)C(NC(=O)C=Cc1cccc(-c2ccccc2)c1)C(N)=O. The minimum absolute atomic E-state index is 0.636. The van der Waals surface area contributed by atoms with Crippen molar-refractivity contribution in [3.05, 3.63) is 66.2 Å². The van der Waals surface area contributed by atoms with Crippen LogP contribution in [0.4, 0.5) is 0 Å². The van der Waals surface area contributed by atoms with Crippen LogP contribution in [0.3, 0.4) is 0 Å². The molecule has 6 heteroatoms. The van der Waals surface area contributed by atoms with Gasteiger partial charge in [0.05, 0.1) is 0 Å². The van der Waals surface area contributed by atoms with Gasteiger partial charge in [0.25, 0.3) is 0 Å². The van der Waals surface area contributed by atoms with E-state index in [0.29, 0.717) is 0 Å². The lowest BCUT2D eigenvalue weighted by Crippen LogP contribution is -2.52. The summed E-state index contributed by atoms with van der Waals surface area (Å²) in [5.41, 5.74) is 12.9. The maximum absolute atomic E-state index is 11.8. The molecular weight excluding hydrogens is 306 g/mol. The summed E-state index contributed by atoms with van der Waals surface area (Å²) >= 11 is 0. The standard InChI is InChI=1S/C18H17N3O3/c19-17(23)16(18(20)24)21-15(22)10-9-12-5-4-8-14(11-12)13-6-2-1-3-7-13/h1-11,16H,(H2,19,23)(H2,20,24)(H,21,22). The number of carbonyl (C=O) groups is 3. The van der Waals surface area contributed by atoms with Gasteiger partial charge in [-0.15, -0.1) is 0 Å². The molecule has 5 N–H and O–H groups in total. The van der Waals surface area contributed by atoms with E-state index < -0.39 is 23.8 Å². The lowest BCUT2D eigenvalue weighted by molar-refractivity contribution is -0.132. The molecule has 0 heterocycles. The molecule has 0 aliphatic rings. The van der Waals surface area contributed by atoms with Crippen LogP contribution < -0.4 is 16.8 Å². The van der Waals surface area contributed by atoms with Gasteiger partial charge in [0.1, 0.15) is 0 Å². The largest absolute Gasteiger partial charge is 0.367 e. The number of benzene rings is 2. The van der Waals surface area contributed by atoms with E-state index in [1.165, 1.54) is 6.08 Å². The number of hydrogen-bond donors (Lipinski definition) is 3. The summed E-state index contributed by atoms with van der Waals surface area (Å²) in [6.07, 6.45) is 2.78. The molecule has 0 fully saturated rings. The number of primary amides is 2. The molecule has 0 radical (unpaired) electrons. The Hall–Kier alpha value is -3.41. The van der Waals surface area contributed by atoms with Crippen molar-refractivity contribution in [1.29, 1.82) is 0 Å². The molecule has 3 amide bonds. The van der Waals surface area contributed by atoms with Gasteiger partial charge in [0.15, 0.2) is 6.04 Å². The first-order chi connectivity index (χ1) is 11.5. The predicted molar refractivity (Wildman–Crippen MR) is 91.2 cm³/mol. The van der Waals surface area contributed by atoms with Crippen molar-refractivity contribution in [2.24, 2.45) is 11.5 Å². The molecule has 0 saturated carbocycles. The van der Waals surface area contributed by atoms with Crippen molar-refractivity contribution >= 4 is 23.8 Å². The van der Waals surface area contributed by atoms with Crippen LogP contribution in [0.2, 0.25) is 0 Å². The van der Waals surface area contributed by atoms with E-state index in [1.54, 1.807) is 6.08 Å². The molecule has 122 valence electrons. The molecule has 2 aromatic rings. The molecule has 2 rings (SSSR count). The molecule has 0 aromatic heterocycles. The van der Waals surface area contributed by atoms with Gasteiger partial charge in [-0.25, -0.2) is 0 Å². The third kappa shape index (κ3) is 4.54. The molecular formula is C18H17N3O3. The van der Waals surface area contributed by atoms with E-state index in [2.05, 4.69) is 5.32 Å². The van der Waals surface area contributed by atoms with Crippen LogP contribution in [0.25, 0.3) is 17.2 Å². The molecule has 24 heavy (non-hydrogen) atoms. The molecule has 0 unspecified atom stereocenters. The summed E-state index contributed by atoms with van der Waals surface area (Å²) in [7, 11) is 0. The van der Waals surface area contributed by atoms with Crippen LogP contribution >= 0.6 is 0 Å². The first-order valence-corrected chi connectivity index (χ1v) is 7.20. The maximum Gasteiger partial charge on any atom is 0.249 e. The van der Waals surface area contributed by atoms with Gasteiger partial charge in [-0.1, -0.05) is 48.5 Å². The fourth-order valence-corrected chi connectivity index (χ4v) is 2.10. The fraction of sp³-hybridized carbons (Fsp3) is 0.0556. The van der Waals surface area contributed by atoms with Gasteiger partial charge in [-0.2, -0.15) is 0 Å². The van der Waals surface area contributed by atoms with E-state index in [4.69, 9.17) is 11.5 Å². The van der Waals surface area contributed by atoms with E-state index >= 15 is 0 Å². The molecule has 0 bridgehead atoms. The van der Waals surface area contributed by atoms with Crippen LogP contribution in [0, 0.1) is 0 Å². The first-order valence-electron chi connectivity index (χ1n) is 7.20. The van der Waals surface area contributed by atoms with E-state index in [1.807, 2.05) is 54.6 Å². The quantitative estimate of drug-likeness (QED) is 0.540. The Morgan fingerprint density at radius 2 is 1.50 bits per heavy atom. The monoisotopic (exact) mass is 323 g/mol. The Bertz CT molecular complexity index is 771. The molecule has 0 aliphatic carbocycles. The second-order valence-electron chi connectivity index (χ2n) is 5.07. The Kier molecular flexibility index (Phi) is 5.46. The topological polar surface area (TPSA) is 115 Å². The highest BCUT2D eigenvalue weighted by molar-refractivity contribution is 6.07. The van der Waals surface area contributed by atoms with Gasteiger partial charge in [0, 0.05) is 6.08 Å². The fourth-order valence-electron chi connectivity index (χ4n) is 2.10. The van der Waals surface area contributed by atoms with E-state index in [9.17, 15) is 14.4 Å². The molecule has 0 spiro atoms. The van der Waals surface area contributed by atoms with E-state index in [0.717, 1.165) is 16.7 Å². The second-order valence-corrected chi connectivity index (χ2v) is 5.07. The van der Waals surface area contributed by atoms with Crippen molar-refractivity contribution in [3.63, 3.8) is 0 Å². The molecule has 0 atom stereocenters. The summed E-state index contributed by atoms with van der Waals surface area (Å²) < 4.78 is 0. The number of rotatable bonds is 6. The average Bonchev–Trinajstić information content (AvgIpc) is 2.58. The van der Waals surface area contributed by atoms with Crippen LogP contribution in [0.5, 0.6) is 0 Å². The summed E-state index contributed by atoms with van der Waals surface area (Å²) in [5.74, 6) is -2.65. The number of hydrogen-bond acceptors (Lipinski definition) is 3. The van der Waals surface area contributed by atoms with Crippen LogP contribution in [0.15, 0.2) is 60.7 Å². The van der Waals surface area contributed by atoms with Crippen LogP contribution in [-0.4, -0.2) is 23.8 Å². The first kappa shape index (κ1) is 17.0. The number of nitrogens with one attached hydrogen (secondary N) is 1. The van der Waals surface area contributed by atoms with Gasteiger partial charge < -0.3 is 16.8 Å². The minimum Gasteiger partial charge on any atom is -0.367 e. The third-order valence-electron chi connectivity index (χ3n) is 3.28. The van der Waals surface area contributed by atoms with Gasteiger partial charge >= 0.3 is 0 Å². The van der Waals surface area contributed by atoms with Crippen molar-refractivity contribution in [3.8, 4) is 11.1 Å². The minimum atomic E-state index is -1.53. The van der Waals surface area contributed by atoms with Crippen molar-refractivity contribution in [2.75, 3.05) is 0 Å². The second kappa shape index (κ2) is 7.73. The maximum atomic E-state index is 11.8. The molecule has 0 aliphatic heterocycles. The zero-order valence-electron chi connectivity index (χ0n) is 12.8. The van der Waals surface area contributed by atoms with Crippen molar-refractivity contribution < 1.29 is 14.4 Å². The molecule has 6 nitrogen and oxygen atoms in total. The van der Waals surface area contributed by atoms with Crippen molar-refractivity contribution in [1.82, 2.24) is 5.32 Å². The Balaban J connectivity index is 2.10. The van der Waals surface area contributed by atoms with Gasteiger partial charge in [-0.3, -0.25) is 14.4 Å². The van der Waals surface area contributed by atoms with E-state index in [-0.39, 0.29) is 0 Å². The Morgan fingerprint density at radius 1 is 0.875 bits per heavy atom. The summed E-state index contributed by atoms with van der Waals surface area (Å²) in [5, 5.41) is 2.16. The average molecular weight is 323 g/mol. The lowest BCUT2D eigenvalue weighted by Gasteiger charge is -2.09. The predicted octanol–water partition coefficient (Wildman–Crippen LogP) is 0.822. The lowest BCUT2D eigenvalue weighted by atomic mass is 10.0. The van der Waals surface area contributed by atoms with Gasteiger partial charge in [-0.05, 0) is 28.8 Å². The highest BCUT2D eigenvalue weighted by Gasteiger charge is 2.22. The number of carbonyl (C=O) groups excluding carboxylic acids is 3. The molecule has 2 aromatic carbocycles. The third-order valence-corrected chi connectivity index (χ3v) is 3.28. The number of amides is 3. The zero-order chi connectivity index (χ0) is 17.5. The Morgan fingerprint density at radius 3 is 2.12 bits per heavy atom. The highest BCUT2D eigenvalue weighted by Crippen LogP contribution is 2.20. The number of nitrogens with two attached hydrogens (primary N) is 2. The van der Waals surface area contributed by atoms with Crippen LogP contribution in [0.1, 0.15) is 5.56 Å². The zero-order valence-corrected chi connectivity index (χ0v) is 12.8. The van der Waals surface area contributed by atoms with Crippen molar-refractivity contribution in [2.45, 2.75) is 6.04 Å². The normalized spacial score (nSPS) is 10.7.